The van der Waals surface area contributed by atoms with Gasteiger partial charge in [-0.15, -0.1) is 0 Å². The van der Waals surface area contributed by atoms with Gasteiger partial charge in [0.25, 0.3) is 5.91 Å². The van der Waals surface area contributed by atoms with Gasteiger partial charge in [0.15, 0.2) is 0 Å². The quantitative estimate of drug-likeness (QED) is 0.847. The molecule has 0 aliphatic rings. The Bertz CT molecular complexity index is 436. The molecular formula is C10H9ClINO3. The van der Waals surface area contributed by atoms with Gasteiger partial charge >= 0.3 is 5.97 Å². The number of hydrogen-bond donors (Lipinski definition) is 1. The molecule has 0 heterocycles. The summed E-state index contributed by atoms with van der Waals surface area (Å²) >= 11 is 7.92. The molecule has 0 spiro atoms. The normalized spacial score (nSPS) is 9.94. The molecule has 0 fully saturated rings. The summed E-state index contributed by atoms with van der Waals surface area (Å²) in [6, 6.07) is 4.86. The fourth-order valence-electron chi connectivity index (χ4n) is 1.12. The maximum atomic E-state index is 11.7. The second-order valence-corrected chi connectivity index (χ2v) is 4.75. The molecule has 0 unspecified atom stereocenters. The summed E-state index contributed by atoms with van der Waals surface area (Å²) in [5.74, 6) is -1.41. The Morgan fingerprint density at radius 3 is 2.62 bits per heavy atom. The molecule has 0 aliphatic heterocycles. The van der Waals surface area contributed by atoms with E-state index in [9.17, 15) is 9.59 Å². The number of nitrogens with zero attached hydrogens (tertiary/aromatic N) is 1. The van der Waals surface area contributed by atoms with E-state index in [0.29, 0.717) is 10.6 Å². The maximum absolute atomic E-state index is 11.7. The van der Waals surface area contributed by atoms with Crippen LogP contribution in [0.4, 0.5) is 0 Å². The second kappa shape index (κ2) is 5.49. The minimum Gasteiger partial charge on any atom is -0.480 e. The molecule has 0 aromatic heterocycles. The Morgan fingerprint density at radius 2 is 2.12 bits per heavy atom. The molecule has 4 nitrogen and oxygen atoms in total. The van der Waals surface area contributed by atoms with Crippen molar-refractivity contribution in [2.45, 2.75) is 0 Å². The third-order valence-corrected chi connectivity index (χ3v) is 3.46. The van der Waals surface area contributed by atoms with E-state index in [0.717, 1.165) is 8.47 Å². The highest BCUT2D eigenvalue weighted by atomic mass is 127. The number of benzene rings is 1. The number of hydrogen-bond acceptors (Lipinski definition) is 2. The number of aliphatic carboxylic acids is 1. The lowest BCUT2D eigenvalue weighted by Gasteiger charge is -2.14. The number of carboxylic acids is 1. The average Bonchev–Trinajstić information content (AvgIpc) is 2.20. The lowest BCUT2D eigenvalue weighted by atomic mass is 10.2. The molecule has 0 saturated carbocycles. The number of likely N-dealkylation sites (N-methyl/N-ethyl adjacent to an activating group) is 1. The summed E-state index contributed by atoms with van der Waals surface area (Å²) in [5.41, 5.74) is 0.383. The van der Waals surface area contributed by atoms with Gasteiger partial charge in [0, 0.05) is 16.2 Å². The number of carbonyl (C=O) groups excluding carboxylic acids is 1. The number of carbonyl (C=O) groups is 2. The van der Waals surface area contributed by atoms with Crippen molar-refractivity contribution < 1.29 is 14.7 Å². The van der Waals surface area contributed by atoms with Crippen molar-refractivity contribution in [3.05, 3.63) is 32.4 Å². The summed E-state index contributed by atoms with van der Waals surface area (Å²) in [5, 5.41) is 9.04. The summed E-state index contributed by atoms with van der Waals surface area (Å²) in [4.78, 5) is 23.3. The highest BCUT2D eigenvalue weighted by Gasteiger charge is 2.14. The summed E-state index contributed by atoms with van der Waals surface area (Å²) < 4.78 is 0.844. The zero-order chi connectivity index (χ0) is 12.3. The fraction of sp³-hybridized carbons (Fsp3) is 0.200. The number of carboxylic acid groups (broad SMARTS) is 1. The smallest absolute Gasteiger partial charge is 0.323 e. The van der Waals surface area contributed by atoms with Crippen molar-refractivity contribution in [2.24, 2.45) is 0 Å². The van der Waals surface area contributed by atoms with Gasteiger partial charge in [-0.1, -0.05) is 11.6 Å². The van der Waals surface area contributed by atoms with E-state index in [4.69, 9.17) is 16.7 Å². The van der Waals surface area contributed by atoms with Crippen molar-refractivity contribution in [3.8, 4) is 0 Å². The van der Waals surface area contributed by atoms with Gasteiger partial charge in [-0.3, -0.25) is 9.59 Å². The van der Waals surface area contributed by atoms with E-state index in [1.54, 1.807) is 12.1 Å². The Hall–Kier alpha value is -0.820. The molecule has 1 N–H and O–H groups in total. The minimum absolute atomic E-state index is 0.331. The zero-order valence-electron chi connectivity index (χ0n) is 8.41. The third kappa shape index (κ3) is 3.34. The summed E-state index contributed by atoms with van der Waals surface area (Å²) in [6.07, 6.45) is 0. The van der Waals surface area contributed by atoms with Gasteiger partial charge in [-0.05, 0) is 40.8 Å². The second-order valence-electron chi connectivity index (χ2n) is 3.18. The Labute approximate surface area is 111 Å². The predicted molar refractivity (Wildman–Crippen MR) is 68.8 cm³/mol. The summed E-state index contributed by atoms with van der Waals surface area (Å²) in [6.45, 7) is -0.331. The molecule has 0 atom stereocenters. The lowest BCUT2D eigenvalue weighted by Crippen LogP contribution is -2.31. The molecule has 0 aliphatic carbocycles. The predicted octanol–water partition coefficient (Wildman–Crippen LogP) is 2.10. The Balaban J connectivity index is 2.88. The molecule has 0 radical (unpaired) electrons. The van der Waals surface area contributed by atoms with E-state index in [2.05, 4.69) is 22.6 Å². The zero-order valence-corrected chi connectivity index (χ0v) is 11.3. The molecule has 1 rings (SSSR count). The van der Waals surface area contributed by atoms with Crippen LogP contribution in [0.3, 0.4) is 0 Å². The van der Waals surface area contributed by atoms with E-state index in [1.807, 2.05) is 0 Å². The first-order chi connectivity index (χ1) is 7.41. The highest BCUT2D eigenvalue weighted by molar-refractivity contribution is 14.1. The maximum Gasteiger partial charge on any atom is 0.323 e. The first-order valence-electron chi connectivity index (χ1n) is 4.34. The highest BCUT2D eigenvalue weighted by Crippen LogP contribution is 2.20. The van der Waals surface area contributed by atoms with Crippen LogP contribution in [0.5, 0.6) is 0 Å². The monoisotopic (exact) mass is 353 g/mol. The molecule has 86 valence electrons. The molecule has 0 saturated heterocycles. The van der Waals surface area contributed by atoms with Gasteiger partial charge < -0.3 is 10.0 Å². The van der Waals surface area contributed by atoms with Gasteiger partial charge in [0.1, 0.15) is 6.54 Å². The molecule has 1 aromatic rings. The van der Waals surface area contributed by atoms with Crippen molar-refractivity contribution >= 4 is 46.1 Å². The Kier molecular flexibility index (Phi) is 4.55. The first kappa shape index (κ1) is 13.2. The largest absolute Gasteiger partial charge is 0.480 e. The standard InChI is InChI=1S/C10H9ClINO3/c1-13(5-9(14)15)10(16)6-2-3-8(12)7(11)4-6/h2-4H,5H2,1H3,(H,14,15). The first-order valence-corrected chi connectivity index (χ1v) is 5.80. The third-order valence-electron chi connectivity index (χ3n) is 1.89. The Morgan fingerprint density at radius 1 is 1.50 bits per heavy atom. The molecular weight excluding hydrogens is 344 g/mol. The van der Waals surface area contributed by atoms with Crippen LogP contribution in [0.25, 0.3) is 0 Å². The van der Waals surface area contributed by atoms with E-state index >= 15 is 0 Å². The van der Waals surface area contributed by atoms with E-state index < -0.39 is 5.97 Å². The van der Waals surface area contributed by atoms with Crippen molar-refractivity contribution in [1.29, 1.82) is 0 Å². The van der Waals surface area contributed by atoms with Gasteiger partial charge in [-0.25, -0.2) is 0 Å². The SMILES string of the molecule is CN(CC(=O)O)C(=O)c1ccc(I)c(Cl)c1. The number of halogens is 2. The van der Waals surface area contributed by atoms with Crippen LogP contribution < -0.4 is 0 Å². The minimum atomic E-state index is -1.05. The number of amides is 1. The van der Waals surface area contributed by atoms with Crippen LogP contribution in [0.2, 0.25) is 5.02 Å². The van der Waals surface area contributed by atoms with Crippen LogP contribution >= 0.6 is 34.2 Å². The fourth-order valence-corrected chi connectivity index (χ4v) is 1.64. The van der Waals surface area contributed by atoms with Crippen LogP contribution in [-0.4, -0.2) is 35.5 Å². The topological polar surface area (TPSA) is 57.6 Å². The number of rotatable bonds is 3. The van der Waals surface area contributed by atoms with Gasteiger partial charge in [0.05, 0.1) is 5.02 Å². The molecule has 1 aromatic carbocycles. The van der Waals surface area contributed by atoms with Crippen LogP contribution in [0.15, 0.2) is 18.2 Å². The van der Waals surface area contributed by atoms with Crippen LogP contribution in [-0.2, 0) is 4.79 Å². The summed E-state index contributed by atoms with van der Waals surface area (Å²) in [7, 11) is 1.43. The molecule has 0 bridgehead atoms. The lowest BCUT2D eigenvalue weighted by molar-refractivity contribution is -0.137. The van der Waals surface area contributed by atoms with Crippen molar-refractivity contribution in [2.75, 3.05) is 13.6 Å². The van der Waals surface area contributed by atoms with Gasteiger partial charge in [0.2, 0.25) is 0 Å². The van der Waals surface area contributed by atoms with E-state index in [-0.39, 0.29) is 12.5 Å². The van der Waals surface area contributed by atoms with Crippen LogP contribution in [0, 0.1) is 3.57 Å². The molecule has 16 heavy (non-hydrogen) atoms. The van der Waals surface area contributed by atoms with Gasteiger partial charge in [-0.2, -0.15) is 0 Å². The molecule has 1 amide bonds. The van der Waals surface area contributed by atoms with Crippen molar-refractivity contribution in [1.82, 2.24) is 4.90 Å². The molecule has 6 heteroatoms. The average molecular weight is 354 g/mol. The van der Waals surface area contributed by atoms with Crippen molar-refractivity contribution in [3.63, 3.8) is 0 Å². The van der Waals surface area contributed by atoms with Crippen LogP contribution in [0.1, 0.15) is 10.4 Å². The van der Waals surface area contributed by atoms with E-state index in [1.165, 1.54) is 13.1 Å².